The summed E-state index contributed by atoms with van der Waals surface area (Å²) in [4.78, 5) is 26.6. The number of fused-ring (bicyclic) bond motifs is 2. The third-order valence-corrected chi connectivity index (χ3v) is 6.18. The molecule has 3 fully saturated rings. The third-order valence-electron chi connectivity index (χ3n) is 6.18. The highest BCUT2D eigenvalue weighted by atomic mass is 16.2. The second-order valence-corrected chi connectivity index (χ2v) is 7.74. The van der Waals surface area contributed by atoms with Crippen molar-refractivity contribution in [3.8, 4) is 0 Å². The molecule has 2 aliphatic carbocycles. The van der Waals surface area contributed by atoms with E-state index in [0.29, 0.717) is 36.8 Å². The Bertz CT molecular complexity index is 440. The maximum absolute atomic E-state index is 13.0. The number of amides is 2. The van der Waals surface area contributed by atoms with Gasteiger partial charge in [-0.05, 0) is 50.4 Å². The molecule has 23 heavy (non-hydrogen) atoms. The summed E-state index contributed by atoms with van der Waals surface area (Å²) in [7, 11) is 0. The van der Waals surface area contributed by atoms with E-state index < -0.39 is 0 Å². The minimum Gasteiger partial charge on any atom is -0.352 e. The van der Waals surface area contributed by atoms with Crippen molar-refractivity contribution in [1.29, 1.82) is 0 Å². The molecular weight excluding hydrogens is 290 g/mol. The van der Waals surface area contributed by atoms with Gasteiger partial charge in [-0.2, -0.15) is 0 Å². The van der Waals surface area contributed by atoms with Crippen LogP contribution in [0.2, 0.25) is 0 Å². The van der Waals surface area contributed by atoms with E-state index in [9.17, 15) is 9.59 Å². The Labute approximate surface area is 139 Å². The molecule has 1 saturated heterocycles. The quantitative estimate of drug-likeness (QED) is 0.830. The van der Waals surface area contributed by atoms with Crippen LogP contribution in [0.4, 0.5) is 0 Å². The fourth-order valence-corrected chi connectivity index (χ4v) is 4.87. The molecule has 0 aromatic carbocycles. The summed E-state index contributed by atoms with van der Waals surface area (Å²) in [5.41, 5.74) is 6.34. The largest absolute Gasteiger partial charge is 0.352 e. The lowest BCUT2D eigenvalue weighted by atomic mass is 9.65. The molecule has 3 N–H and O–H groups in total. The van der Waals surface area contributed by atoms with Crippen LogP contribution in [0.1, 0.15) is 58.3 Å². The first-order valence-corrected chi connectivity index (χ1v) is 9.42. The van der Waals surface area contributed by atoms with E-state index in [1.54, 1.807) is 0 Å². The van der Waals surface area contributed by atoms with Crippen LogP contribution < -0.4 is 11.1 Å². The fraction of sp³-hybridized carbons (Fsp3) is 0.889. The van der Waals surface area contributed by atoms with Gasteiger partial charge in [-0.15, -0.1) is 0 Å². The van der Waals surface area contributed by atoms with E-state index in [4.69, 9.17) is 5.73 Å². The molecule has 5 nitrogen and oxygen atoms in total. The Balaban J connectivity index is 1.58. The summed E-state index contributed by atoms with van der Waals surface area (Å²) < 4.78 is 0. The van der Waals surface area contributed by atoms with Crippen LogP contribution >= 0.6 is 0 Å². The molecule has 2 amide bonds. The molecule has 3 aliphatic rings. The first-order chi connectivity index (χ1) is 11.1. The number of nitrogens with zero attached hydrogens (tertiary/aromatic N) is 1. The second-order valence-electron chi connectivity index (χ2n) is 7.74. The number of rotatable bonds is 3. The van der Waals surface area contributed by atoms with Gasteiger partial charge in [-0.3, -0.25) is 9.59 Å². The Morgan fingerprint density at radius 2 is 1.83 bits per heavy atom. The van der Waals surface area contributed by atoms with Crippen LogP contribution in [0, 0.1) is 17.8 Å². The number of nitrogens with one attached hydrogen (secondary N) is 1. The molecule has 0 spiro atoms. The van der Waals surface area contributed by atoms with Crippen LogP contribution in [0.5, 0.6) is 0 Å². The maximum Gasteiger partial charge on any atom is 0.225 e. The molecule has 0 radical (unpaired) electrons. The average Bonchev–Trinajstić information content (AvgIpc) is 2.54. The molecule has 1 aliphatic heterocycles. The molecule has 3 unspecified atom stereocenters. The Hall–Kier alpha value is -1.10. The summed E-state index contributed by atoms with van der Waals surface area (Å²) in [5, 5.41) is 3.05. The highest BCUT2D eigenvalue weighted by Crippen LogP contribution is 2.42. The predicted octanol–water partition coefficient (Wildman–Crippen LogP) is 1.66. The van der Waals surface area contributed by atoms with Gasteiger partial charge in [0.1, 0.15) is 0 Å². The van der Waals surface area contributed by atoms with Gasteiger partial charge in [0.15, 0.2) is 0 Å². The van der Waals surface area contributed by atoms with Crippen molar-refractivity contribution in [1.82, 2.24) is 10.2 Å². The van der Waals surface area contributed by atoms with Crippen molar-refractivity contribution >= 4 is 11.8 Å². The molecule has 3 atom stereocenters. The summed E-state index contributed by atoms with van der Waals surface area (Å²) in [5.74, 6) is 1.63. The number of piperidine rings is 1. The summed E-state index contributed by atoms with van der Waals surface area (Å²) in [6, 6.07) is 0.441. The molecule has 5 heteroatoms. The Morgan fingerprint density at radius 1 is 1.13 bits per heavy atom. The maximum atomic E-state index is 13.0. The molecular formula is C18H31N3O2. The van der Waals surface area contributed by atoms with E-state index in [-0.39, 0.29) is 17.9 Å². The predicted molar refractivity (Wildman–Crippen MR) is 89.6 cm³/mol. The van der Waals surface area contributed by atoms with Crippen molar-refractivity contribution < 1.29 is 9.59 Å². The van der Waals surface area contributed by atoms with Gasteiger partial charge in [0.2, 0.25) is 11.8 Å². The standard InChI is InChI=1S/C18H31N3O2/c1-2-16(22)20-15-7-4-8-21(11-15)18(23)14-9-12-5-3-6-13(10-14)17(12)19/h12-15,17H,2-11,19H2,1H3,(H,20,22). The van der Waals surface area contributed by atoms with Crippen molar-refractivity contribution in [2.45, 2.75) is 70.4 Å². The van der Waals surface area contributed by atoms with Gasteiger partial charge in [0.05, 0.1) is 0 Å². The van der Waals surface area contributed by atoms with E-state index in [1.165, 1.54) is 19.3 Å². The molecule has 0 aromatic heterocycles. The summed E-state index contributed by atoms with van der Waals surface area (Å²) in [6.07, 6.45) is 8.08. The molecule has 2 saturated carbocycles. The lowest BCUT2D eigenvalue weighted by molar-refractivity contribution is -0.140. The van der Waals surface area contributed by atoms with Gasteiger partial charge in [-0.25, -0.2) is 0 Å². The minimum absolute atomic E-state index is 0.0856. The second kappa shape index (κ2) is 7.20. The van der Waals surface area contributed by atoms with Crippen LogP contribution in [0.15, 0.2) is 0 Å². The van der Waals surface area contributed by atoms with Gasteiger partial charge < -0.3 is 16.0 Å². The topological polar surface area (TPSA) is 75.4 Å². The molecule has 1 heterocycles. The number of nitrogens with two attached hydrogens (primary N) is 1. The zero-order valence-electron chi connectivity index (χ0n) is 14.3. The third kappa shape index (κ3) is 3.70. The van der Waals surface area contributed by atoms with Crippen LogP contribution in [0.3, 0.4) is 0 Å². The molecule has 2 bridgehead atoms. The Morgan fingerprint density at radius 3 is 2.48 bits per heavy atom. The van der Waals surface area contributed by atoms with Gasteiger partial charge in [0, 0.05) is 37.5 Å². The van der Waals surface area contributed by atoms with E-state index in [2.05, 4.69) is 5.32 Å². The van der Waals surface area contributed by atoms with E-state index >= 15 is 0 Å². The van der Waals surface area contributed by atoms with Crippen molar-refractivity contribution in [2.75, 3.05) is 13.1 Å². The van der Waals surface area contributed by atoms with Gasteiger partial charge >= 0.3 is 0 Å². The van der Waals surface area contributed by atoms with Gasteiger partial charge in [0.25, 0.3) is 0 Å². The monoisotopic (exact) mass is 321 g/mol. The highest BCUT2D eigenvalue weighted by molar-refractivity contribution is 5.79. The normalized spacial score (nSPS) is 37.3. The first-order valence-electron chi connectivity index (χ1n) is 9.42. The average molecular weight is 321 g/mol. The molecule has 0 aromatic rings. The summed E-state index contributed by atoms with van der Waals surface area (Å²) >= 11 is 0. The van der Waals surface area contributed by atoms with Crippen molar-refractivity contribution in [3.05, 3.63) is 0 Å². The van der Waals surface area contributed by atoms with E-state index in [1.807, 2.05) is 11.8 Å². The summed E-state index contributed by atoms with van der Waals surface area (Å²) in [6.45, 7) is 3.39. The lowest BCUT2D eigenvalue weighted by Crippen LogP contribution is -2.53. The zero-order valence-corrected chi connectivity index (χ0v) is 14.3. The smallest absolute Gasteiger partial charge is 0.225 e. The Kier molecular flexibility index (Phi) is 5.24. The minimum atomic E-state index is 0.0856. The molecule has 3 rings (SSSR count). The first kappa shape index (κ1) is 16.7. The van der Waals surface area contributed by atoms with Crippen LogP contribution in [-0.4, -0.2) is 41.9 Å². The van der Waals surface area contributed by atoms with Crippen molar-refractivity contribution in [2.24, 2.45) is 23.5 Å². The number of likely N-dealkylation sites (tertiary alicyclic amines) is 1. The van der Waals surface area contributed by atoms with Crippen LogP contribution in [-0.2, 0) is 9.59 Å². The lowest BCUT2D eigenvalue weighted by Gasteiger charge is -2.45. The number of hydrogen-bond donors (Lipinski definition) is 2. The number of carbonyl (C=O) groups excluding carboxylic acids is 2. The van der Waals surface area contributed by atoms with Crippen molar-refractivity contribution in [3.63, 3.8) is 0 Å². The highest BCUT2D eigenvalue weighted by Gasteiger charge is 2.42. The van der Waals surface area contributed by atoms with Crippen LogP contribution in [0.25, 0.3) is 0 Å². The fourth-order valence-electron chi connectivity index (χ4n) is 4.87. The van der Waals surface area contributed by atoms with Gasteiger partial charge in [-0.1, -0.05) is 13.3 Å². The zero-order chi connectivity index (χ0) is 16.4. The molecule has 130 valence electrons. The number of hydrogen-bond acceptors (Lipinski definition) is 3. The van der Waals surface area contributed by atoms with E-state index in [0.717, 1.165) is 32.2 Å². The SMILES string of the molecule is CCC(=O)NC1CCCN(C(=O)C2CC3CCCC(C2)C3N)C1. The number of carbonyl (C=O) groups is 2.